The number of carbonyl (C=O) groups is 4. The number of rotatable bonds is 13. The summed E-state index contributed by atoms with van der Waals surface area (Å²) in [5.41, 5.74) is 1.36. The van der Waals surface area contributed by atoms with Crippen LogP contribution in [0.25, 0.3) is 0 Å². The molecule has 7 fully saturated rings. The Morgan fingerprint density at radius 3 is 2.03 bits per heavy atom. The monoisotopic (exact) mass is 971 g/mol. The van der Waals surface area contributed by atoms with Crippen LogP contribution in [-0.4, -0.2) is 76.9 Å². The number of hydrogen-bond donors (Lipinski definition) is 1. The zero-order valence-electron chi connectivity index (χ0n) is 44.8. The number of benzene rings is 2. The first-order valence-corrected chi connectivity index (χ1v) is 28.1. The Morgan fingerprint density at radius 2 is 1.37 bits per heavy atom. The number of nitrogens with zero attached hydrogens (tertiary/aromatic N) is 2. The van der Waals surface area contributed by atoms with E-state index in [0.29, 0.717) is 43.9 Å². The molecule has 0 radical (unpaired) electrons. The highest BCUT2D eigenvalue weighted by Gasteiger charge is 2.76. The quantitative estimate of drug-likeness (QED) is 0.198. The topological polar surface area (TPSA) is 113 Å². The van der Waals surface area contributed by atoms with Crippen molar-refractivity contribution in [3.8, 4) is 0 Å². The number of ketones is 1. The number of Topliss-reactive ketones (excluding diaryl/α,β-unsaturated/α-hetero) is 1. The largest absolute Gasteiger partial charge is 0.481 e. The summed E-state index contributed by atoms with van der Waals surface area (Å²) >= 11 is 0. The van der Waals surface area contributed by atoms with E-state index in [9.17, 15) is 19.5 Å². The van der Waals surface area contributed by atoms with Gasteiger partial charge in [0, 0.05) is 31.6 Å². The van der Waals surface area contributed by atoms with E-state index >= 15 is 4.79 Å². The minimum atomic E-state index is -1.03. The van der Waals surface area contributed by atoms with E-state index in [1.165, 1.54) is 11.1 Å². The van der Waals surface area contributed by atoms with Crippen molar-refractivity contribution in [2.24, 2.45) is 73.4 Å². The van der Waals surface area contributed by atoms with Gasteiger partial charge >= 0.3 is 11.9 Å². The molecule has 71 heavy (non-hydrogen) atoms. The van der Waals surface area contributed by atoms with E-state index in [-0.39, 0.29) is 69.7 Å². The molecule has 386 valence electrons. The second-order valence-electron chi connectivity index (χ2n) is 26.6. The van der Waals surface area contributed by atoms with Crippen LogP contribution in [-0.2, 0) is 41.9 Å². The Bertz CT molecular complexity index is 2410. The number of aliphatic carboxylic acids is 1. The van der Waals surface area contributed by atoms with Crippen molar-refractivity contribution in [2.75, 3.05) is 26.2 Å². The third kappa shape index (κ3) is 7.62. The highest BCUT2D eigenvalue weighted by Crippen LogP contribution is 2.79. The van der Waals surface area contributed by atoms with E-state index in [0.717, 1.165) is 108 Å². The third-order valence-corrected chi connectivity index (χ3v) is 22.9. The summed E-state index contributed by atoms with van der Waals surface area (Å²) in [6, 6.07) is 20.6. The molecule has 12 atom stereocenters. The van der Waals surface area contributed by atoms with Gasteiger partial charge in [-0.1, -0.05) is 123 Å². The number of carbonyl (C=O) groups excluding carboxylic acids is 3. The molecule has 9 heteroatoms. The van der Waals surface area contributed by atoms with Crippen molar-refractivity contribution in [1.82, 2.24) is 9.80 Å². The summed E-state index contributed by atoms with van der Waals surface area (Å²) in [6.07, 6.45) is 12.5. The number of fused-ring (bicyclic) bond motifs is 7. The normalized spacial score (nSPS) is 39.3. The maximum Gasteiger partial charge on any atom is 0.310 e. The summed E-state index contributed by atoms with van der Waals surface area (Å²) in [7, 11) is 0. The molecule has 0 unspecified atom stereocenters. The van der Waals surface area contributed by atoms with Gasteiger partial charge < -0.3 is 19.5 Å². The van der Waals surface area contributed by atoms with Gasteiger partial charge in [0.05, 0.1) is 30.0 Å². The van der Waals surface area contributed by atoms with Gasteiger partial charge in [-0.15, -0.1) is 0 Å². The van der Waals surface area contributed by atoms with Crippen molar-refractivity contribution in [3.63, 3.8) is 0 Å². The van der Waals surface area contributed by atoms with E-state index in [1.54, 1.807) is 0 Å². The van der Waals surface area contributed by atoms with Gasteiger partial charge in [-0.3, -0.25) is 24.1 Å². The minimum absolute atomic E-state index is 0.00349. The maximum absolute atomic E-state index is 15.8. The molecule has 8 aliphatic rings. The fourth-order valence-electron chi connectivity index (χ4n) is 19.1. The molecule has 1 N–H and O–H groups in total. The van der Waals surface area contributed by atoms with Gasteiger partial charge in [0.2, 0.25) is 5.91 Å². The minimum Gasteiger partial charge on any atom is -0.481 e. The van der Waals surface area contributed by atoms with Crippen molar-refractivity contribution in [1.29, 1.82) is 0 Å². The van der Waals surface area contributed by atoms with Crippen LogP contribution in [0.4, 0.5) is 0 Å². The smallest absolute Gasteiger partial charge is 0.310 e. The molecule has 0 bridgehead atoms. The first kappa shape index (κ1) is 50.7. The molecule has 0 spiro atoms. The van der Waals surface area contributed by atoms with Crippen molar-refractivity contribution in [3.05, 3.63) is 82.9 Å². The predicted octanol–water partition coefficient (Wildman–Crippen LogP) is 12.1. The summed E-state index contributed by atoms with van der Waals surface area (Å²) in [5, 5.41) is 11.4. The predicted molar refractivity (Wildman–Crippen MR) is 277 cm³/mol. The number of carboxylic acids is 1. The molecule has 2 saturated heterocycles. The molecule has 9 nitrogen and oxygen atoms in total. The van der Waals surface area contributed by atoms with Gasteiger partial charge in [0.1, 0.15) is 6.61 Å². The molecule has 10 rings (SSSR count). The van der Waals surface area contributed by atoms with Crippen LogP contribution in [0.5, 0.6) is 0 Å². The number of esters is 1. The number of ether oxygens (including phenoxy) is 2. The van der Waals surface area contributed by atoms with Crippen molar-refractivity contribution >= 4 is 23.6 Å². The second kappa shape index (κ2) is 18.2. The Kier molecular flexibility index (Phi) is 13.0. The molecule has 2 aliphatic heterocycles. The molecule has 2 aromatic rings. The van der Waals surface area contributed by atoms with E-state index in [4.69, 9.17) is 9.47 Å². The van der Waals surface area contributed by atoms with Gasteiger partial charge in [0.25, 0.3) is 0 Å². The van der Waals surface area contributed by atoms with Crippen LogP contribution < -0.4 is 0 Å². The number of carboxylic acid groups (broad SMARTS) is 1. The first-order chi connectivity index (χ1) is 33.7. The second-order valence-corrected chi connectivity index (χ2v) is 26.6. The zero-order chi connectivity index (χ0) is 50.5. The highest BCUT2D eigenvalue weighted by atomic mass is 16.5. The first-order valence-electron chi connectivity index (χ1n) is 28.1. The maximum atomic E-state index is 15.8. The lowest BCUT2D eigenvalue weighted by molar-refractivity contribution is -0.261. The number of hydrogen-bond acceptors (Lipinski definition) is 7. The van der Waals surface area contributed by atoms with E-state index in [2.05, 4.69) is 82.5 Å². The lowest BCUT2D eigenvalue weighted by atomic mass is 9.29. The molecular formula is C62H86N2O7. The molecule has 2 aromatic carbocycles. The Balaban J connectivity index is 0.879. The van der Waals surface area contributed by atoms with Gasteiger partial charge in [-0.05, 0) is 169 Å². The van der Waals surface area contributed by atoms with Crippen molar-refractivity contribution in [2.45, 2.75) is 178 Å². The Morgan fingerprint density at radius 1 is 0.718 bits per heavy atom. The van der Waals surface area contributed by atoms with Crippen LogP contribution in [0, 0.1) is 73.4 Å². The third-order valence-electron chi connectivity index (χ3n) is 22.9. The lowest BCUT2D eigenvalue weighted by Gasteiger charge is -2.74. The van der Waals surface area contributed by atoms with E-state index < -0.39 is 28.1 Å². The molecule has 1 amide bonds. The van der Waals surface area contributed by atoms with E-state index in [1.807, 2.05) is 50.2 Å². The average molecular weight is 971 g/mol. The van der Waals surface area contributed by atoms with Gasteiger partial charge in [-0.2, -0.15) is 0 Å². The van der Waals surface area contributed by atoms with Crippen LogP contribution in [0.15, 0.2) is 71.8 Å². The molecule has 5 saturated carbocycles. The number of allylic oxidation sites excluding steroid dienone is 1. The summed E-state index contributed by atoms with van der Waals surface area (Å²) < 4.78 is 12.2. The van der Waals surface area contributed by atoms with Crippen LogP contribution in [0.2, 0.25) is 0 Å². The number of likely N-dealkylation sites (tertiary alicyclic amines) is 2. The van der Waals surface area contributed by atoms with Crippen LogP contribution in [0.3, 0.4) is 0 Å². The lowest BCUT2D eigenvalue weighted by Crippen LogP contribution is -2.71. The van der Waals surface area contributed by atoms with Gasteiger partial charge in [-0.25, -0.2) is 0 Å². The summed E-state index contributed by atoms with van der Waals surface area (Å²) in [4.78, 5) is 62.9. The molecule has 6 aliphatic carbocycles. The molecule has 2 heterocycles. The molecular weight excluding hydrogens is 885 g/mol. The fraction of sp³-hybridized carbons (Fsp3) is 0.710. The summed E-state index contributed by atoms with van der Waals surface area (Å²) in [6.45, 7) is 25.0. The fourth-order valence-corrected chi connectivity index (χ4v) is 19.1. The van der Waals surface area contributed by atoms with Crippen molar-refractivity contribution < 1.29 is 33.8 Å². The SMILES string of the molecule is CC(C)C1=C2[C@H]3CC[C@@H]4[C@]5(C)CC[C@H]([C@@]6(C(=O)O)C[C@@H](C(=O)OCc7ccccc7)C6(C)C)C(C)(C)[C@H]5CC[C@@]4(C)[C@]3(C)CC[C@@]2(C(=O)N2CCC[C@H]2CN2CCC[C@H]2COCc2ccccc2)CC1=O. The van der Waals surface area contributed by atoms with Crippen LogP contribution >= 0.6 is 0 Å². The average Bonchev–Trinajstić information content (AvgIpc) is 4.07. The molecule has 0 aromatic heterocycles. The standard InChI is InChI=1S/C62H86N2O7/c1-40(2)51-47(65)35-61(54(67)64-33-17-22-43(64)36-63-32-16-23-44(63)39-70-37-41-18-12-10-13-19-41)31-30-59(8)45(52(51)61)24-25-50-58(7)28-26-49(56(3,4)48(58)27-29-60(50,59)9)62(55(68)69)34-46(57(62,5)6)53(66)71-38-42-20-14-11-15-21-42/h10-15,18-21,40,43-46,48-50H,16-17,22-39H2,1-9H3,(H,68,69)/t43-,44-,45+,46-,48+,49-,50+,58+,59+,60+,61+,62+/m0/s1. The highest BCUT2D eigenvalue weighted by molar-refractivity contribution is 6.07. The number of amides is 1. The van der Waals surface area contributed by atoms with Gasteiger partial charge in [0.15, 0.2) is 5.78 Å². The summed E-state index contributed by atoms with van der Waals surface area (Å²) in [5.74, 6) is -0.189. The Hall–Kier alpha value is -3.82. The zero-order valence-corrected chi connectivity index (χ0v) is 44.8. The Labute approximate surface area is 425 Å². The van der Waals surface area contributed by atoms with Crippen LogP contribution in [0.1, 0.15) is 163 Å².